The molecule has 3 atom stereocenters. The molecule has 0 radical (unpaired) electrons. The van der Waals surface area contributed by atoms with Crippen molar-refractivity contribution in [2.75, 3.05) is 19.7 Å². The van der Waals surface area contributed by atoms with E-state index >= 15 is 0 Å². The van der Waals surface area contributed by atoms with Crippen molar-refractivity contribution in [1.29, 1.82) is 0 Å². The molecule has 0 aromatic heterocycles. The smallest absolute Gasteiger partial charge is 0.137 e. The molecule has 3 nitrogen and oxygen atoms in total. The summed E-state index contributed by atoms with van der Waals surface area (Å²) in [6.07, 6.45) is 7.13. The zero-order valence-electron chi connectivity index (χ0n) is 12.4. The Bertz CT molecular complexity index is 353. The second-order valence-corrected chi connectivity index (χ2v) is 7.43. The molecule has 0 spiro atoms. The molecule has 3 unspecified atom stereocenters. The molecule has 108 valence electrons. The highest BCUT2D eigenvalue weighted by atomic mass is 16.5. The number of hydrogen-bond donors (Lipinski definition) is 0. The largest absolute Gasteiger partial charge is 0.375 e. The Balaban J connectivity index is 1.64. The van der Waals surface area contributed by atoms with Gasteiger partial charge >= 0.3 is 0 Å². The molecule has 1 aliphatic heterocycles. The van der Waals surface area contributed by atoms with Gasteiger partial charge in [-0.25, -0.2) is 0 Å². The van der Waals surface area contributed by atoms with Crippen molar-refractivity contribution in [3.8, 4) is 0 Å². The van der Waals surface area contributed by atoms with Gasteiger partial charge in [-0.2, -0.15) is 0 Å². The molecular weight excluding hydrogens is 238 g/mol. The minimum atomic E-state index is 0.267. The van der Waals surface area contributed by atoms with Crippen molar-refractivity contribution >= 4 is 5.78 Å². The van der Waals surface area contributed by atoms with Crippen LogP contribution in [0.15, 0.2) is 0 Å². The van der Waals surface area contributed by atoms with E-state index in [1.807, 2.05) is 0 Å². The van der Waals surface area contributed by atoms with Gasteiger partial charge < -0.3 is 4.74 Å². The molecule has 1 heterocycles. The summed E-state index contributed by atoms with van der Waals surface area (Å²) in [5.74, 6) is 0.767. The Hall–Kier alpha value is -0.410. The zero-order chi connectivity index (χ0) is 13.5. The number of nitrogens with zero attached hydrogens (tertiary/aromatic N) is 1. The lowest BCUT2D eigenvalue weighted by atomic mass is 9.71. The van der Waals surface area contributed by atoms with Crippen LogP contribution in [0.5, 0.6) is 0 Å². The quantitative estimate of drug-likeness (QED) is 0.768. The fourth-order valence-corrected chi connectivity index (χ4v) is 4.23. The molecule has 3 fully saturated rings. The summed E-state index contributed by atoms with van der Waals surface area (Å²) in [6.45, 7) is 7.47. The first-order valence-electron chi connectivity index (χ1n) is 7.93. The van der Waals surface area contributed by atoms with Crippen molar-refractivity contribution in [2.24, 2.45) is 11.3 Å². The van der Waals surface area contributed by atoms with Crippen LogP contribution in [0.25, 0.3) is 0 Å². The third-order valence-corrected chi connectivity index (χ3v) is 5.35. The monoisotopic (exact) mass is 265 g/mol. The van der Waals surface area contributed by atoms with Crippen LogP contribution >= 0.6 is 0 Å². The minimum Gasteiger partial charge on any atom is -0.375 e. The highest BCUT2D eigenvalue weighted by Gasteiger charge is 2.40. The van der Waals surface area contributed by atoms with Crippen LogP contribution in [-0.2, 0) is 9.53 Å². The van der Waals surface area contributed by atoms with Gasteiger partial charge in [-0.3, -0.25) is 9.69 Å². The van der Waals surface area contributed by atoms with Gasteiger partial charge in [-0.15, -0.1) is 0 Å². The van der Waals surface area contributed by atoms with E-state index in [4.69, 9.17) is 4.74 Å². The molecule has 0 N–H and O–H groups in total. The van der Waals surface area contributed by atoms with E-state index in [1.54, 1.807) is 0 Å². The predicted octanol–water partition coefficient (Wildman–Crippen LogP) is 2.64. The number of carbonyl (C=O) groups is 1. The van der Waals surface area contributed by atoms with Crippen molar-refractivity contribution in [2.45, 2.75) is 64.5 Å². The molecular formula is C16H27NO2. The van der Waals surface area contributed by atoms with Gasteiger partial charge in [-0.1, -0.05) is 13.8 Å². The Morgan fingerprint density at radius 2 is 2.21 bits per heavy atom. The average molecular weight is 265 g/mol. The van der Waals surface area contributed by atoms with Crippen LogP contribution in [0, 0.1) is 11.3 Å². The van der Waals surface area contributed by atoms with Gasteiger partial charge in [0.05, 0.1) is 12.7 Å². The highest BCUT2D eigenvalue weighted by Crippen LogP contribution is 2.38. The first-order chi connectivity index (χ1) is 9.05. The fraction of sp³-hybridized carbons (Fsp3) is 0.938. The summed E-state index contributed by atoms with van der Waals surface area (Å²) in [4.78, 5) is 14.8. The summed E-state index contributed by atoms with van der Waals surface area (Å²) in [5, 5.41) is 0. The van der Waals surface area contributed by atoms with E-state index < -0.39 is 0 Å². The van der Waals surface area contributed by atoms with Crippen molar-refractivity contribution in [1.82, 2.24) is 4.90 Å². The normalized spacial score (nSPS) is 39.3. The highest BCUT2D eigenvalue weighted by molar-refractivity contribution is 5.82. The third-order valence-electron chi connectivity index (χ3n) is 5.35. The molecule has 0 aromatic rings. The molecule has 2 aliphatic carbocycles. The minimum absolute atomic E-state index is 0.267. The van der Waals surface area contributed by atoms with Crippen molar-refractivity contribution in [3.05, 3.63) is 0 Å². The standard InChI is InChI=1S/C16H27NO2/c1-16(2)7-6-14(18)12(10-16)11-17-8-9-19-15-5-3-4-13(15)17/h12-13,15H,3-11H2,1-2H3. The maximum atomic E-state index is 12.2. The average Bonchev–Trinajstić information content (AvgIpc) is 2.83. The number of morpholine rings is 1. The predicted molar refractivity (Wildman–Crippen MR) is 75.1 cm³/mol. The van der Waals surface area contributed by atoms with Gasteiger partial charge in [-0.05, 0) is 37.5 Å². The van der Waals surface area contributed by atoms with Gasteiger partial charge in [0.15, 0.2) is 0 Å². The van der Waals surface area contributed by atoms with Gasteiger partial charge in [0.1, 0.15) is 5.78 Å². The van der Waals surface area contributed by atoms with E-state index in [1.165, 1.54) is 19.3 Å². The number of ketones is 1. The SMILES string of the molecule is CC1(C)CCC(=O)C(CN2CCOC3CCCC32)C1. The first kappa shape index (κ1) is 13.6. The second kappa shape index (κ2) is 5.17. The number of fused-ring (bicyclic) bond motifs is 1. The van der Waals surface area contributed by atoms with Crippen LogP contribution in [-0.4, -0.2) is 42.5 Å². The summed E-state index contributed by atoms with van der Waals surface area (Å²) in [6, 6.07) is 0.589. The van der Waals surface area contributed by atoms with Crippen LogP contribution in [0.2, 0.25) is 0 Å². The van der Waals surface area contributed by atoms with Crippen LogP contribution in [0.1, 0.15) is 52.4 Å². The summed E-state index contributed by atoms with van der Waals surface area (Å²) < 4.78 is 5.86. The van der Waals surface area contributed by atoms with E-state index in [9.17, 15) is 4.79 Å². The number of carbonyl (C=O) groups excluding carboxylic acids is 1. The van der Waals surface area contributed by atoms with Crippen molar-refractivity contribution < 1.29 is 9.53 Å². The molecule has 0 amide bonds. The van der Waals surface area contributed by atoms with Gasteiger partial charge in [0.25, 0.3) is 0 Å². The molecule has 1 saturated heterocycles. The molecule has 2 saturated carbocycles. The summed E-state index contributed by atoms with van der Waals surface area (Å²) in [7, 11) is 0. The topological polar surface area (TPSA) is 29.5 Å². The second-order valence-electron chi connectivity index (χ2n) is 7.43. The van der Waals surface area contributed by atoms with E-state index in [0.717, 1.165) is 39.0 Å². The maximum Gasteiger partial charge on any atom is 0.137 e. The lowest BCUT2D eigenvalue weighted by Gasteiger charge is -2.42. The lowest BCUT2D eigenvalue weighted by molar-refractivity contribution is -0.129. The van der Waals surface area contributed by atoms with Crippen LogP contribution in [0.4, 0.5) is 0 Å². The van der Waals surface area contributed by atoms with Crippen LogP contribution in [0.3, 0.4) is 0 Å². The number of rotatable bonds is 2. The summed E-state index contributed by atoms with van der Waals surface area (Å²) >= 11 is 0. The molecule has 19 heavy (non-hydrogen) atoms. The van der Waals surface area contributed by atoms with E-state index in [-0.39, 0.29) is 5.92 Å². The molecule has 0 bridgehead atoms. The third kappa shape index (κ3) is 2.87. The fourth-order valence-electron chi connectivity index (χ4n) is 4.23. The van der Waals surface area contributed by atoms with Gasteiger partial charge in [0.2, 0.25) is 0 Å². The number of Topliss-reactive ketones (excluding diaryl/α,β-unsaturated/α-hetero) is 1. The first-order valence-corrected chi connectivity index (χ1v) is 7.93. The number of hydrogen-bond acceptors (Lipinski definition) is 3. The van der Waals surface area contributed by atoms with Gasteiger partial charge in [0, 0.05) is 31.5 Å². The summed E-state index contributed by atoms with van der Waals surface area (Å²) in [5.41, 5.74) is 0.347. The molecule has 3 heteroatoms. The Morgan fingerprint density at radius 1 is 1.37 bits per heavy atom. The molecule has 3 rings (SSSR count). The Kier molecular flexibility index (Phi) is 3.69. The Labute approximate surface area is 116 Å². The number of ether oxygens (including phenoxy) is 1. The zero-order valence-corrected chi connectivity index (χ0v) is 12.4. The maximum absolute atomic E-state index is 12.2. The van der Waals surface area contributed by atoms with E-state index in [0.29, 0.717) is 23.3 Å². The van der Waals surface area contributed by atoms with Crippen LogP contribution < -0.4 is 0 Å². The Morgan fingerprint density at radius 3 is 3.05 bits per heavy atom. The van der Waals surface area contributed by atoms with E-state index in [2.05, 4.69) is 18.7 Å². The molecule has 3 aliphatic rings. The molecule has 0 aromatic carbocycles. The lowest BCUT2D eigenvalue weighted by Crippen LogP contribution is -2.51. The van der Waals surface area contributed by atoms with Crippen molar-refractivity contribution in [3.63, 3.8) is 0 Å².